The van der Waals surface area contributed by atoms with Crippen molar-refractivity contribution in [2.45, 2.75) is 77.4 Å². The molecule has 0 heterocycles. The molecule has 0 aromatic heterocycles. The maximum absolute atomic E-state index is 13.0. The molecule has 2 rings (SSSR count). The van der Waals surface area contributed by atoms with E-state index in [1.54, 1.807) is 26.0 Å². The molecular formula is C39H48O14. The van der Waals surface area contributed by atoms with Crippen LogP contribution in [0.15, 0.2) is 79.5 Å². The van der Waals surface area contributed by atoms with Gasteiger partial charge in [-0.2, -0.15) is 0 Å². The summed E-state index contributed by atoms with van der Waals surface area (Å²) in [5.74, 6) is -1.91. The quantitative estimate of drug-likeness (QED) is 0.0323. The summed E-state index contributed by atoms with van der Waals surface area (Å²) in [6.07, 6.45) is 7.99. The van der Waals surface area contributed by atoms with Gasteiger partial charge in [0.25, 0.3) is 0 Å². The molecule has 0 spiro atoms. The Hall–Kier alpha value is -5.66. The van der Waals surface area contributed by atoms with Gasteiger partial charge >= 0.3 is 36.2 Å². The number of allylic oxidation sites excluding steroid dienone is 2. The van der Waals surface area contributed by atoms with Gasteiger partial charge in [0.2, 0.25) is 0 Å². The van der Waals surface area contributed by atoms with Crippen molar-refractivity contribution in [3.63, 3.8) is 0 Å². The highest BCUT2D eigenvalue weighted by atomic mass is 16.7. The van der Waals surface area contributed by atoms with Crippen molar-refractivity contribution in [1.82, 2.24) is 0 Å². The van der Waals surface area contributed by atoms with Gasteiger partial charge in [0, 0.05) is 12.2 Å². The van der Waals surface area contributed by atoms with E-state index < -0.39 is 36.2 Å². The monoisotopic (exact) mass is 740 g/mol. The summed E-state index contributed by atoms with van der Waals surface area (Å²) in [4.78, 5) is 71.7. The highest BCUT2D eigenvalue weighted by molar-refractivity contribution is 5.92. The van der Waals surface area contributed by atoms with E-state index in [0.717, 1.165) is 12.2 Å². The van der Waals surface area contributed by atoms with Crippen LogP contribution in [0.5, 0.6) is 5.75 Å². The van der Waals surface area contributed by atoms with Gasteiger partial charge in [-0.3, -0.25) is 0 Å². The van der Waals surface area contributed by atoms with Crippen molar-refractivity contribution in [3.8, 4) is 5.75 Å². The van der Waals surface area contributed by atoms with E-state index in [-0.39, 0.29) is 62.1 Å². The highest BCUT2D eigenvalue weighted by Gasteiger charge is 2.27. The maximum Gasteiger partial charge on any atom is 0.513 e. The van der Waals surface area contributed by atoms with Crippen LogP contribution in [0.3, 0.4) is 0 Å². The fraction of sp³-hybridized carbons (Fsp3) is 0.436. The van der Waals surface area contributed by atoms with E-state index >= 15 is 0 Å². The number of ether oxygens (including phenoxy) is 8. The third-order valence-electron chi connectivity index (χ3n) is 7.34. The zero-order chi connectivity index (χ0) is 39.0. The summed E-state index contributed by atoms with van der Waals surface area (Å²) in [5, 5.41) is 0. The lowest BCUT2D eigenvalue weighted by molar-refractivity contribution is -0.146. The third kappa shape index (κ3) is 18.4. The molecule has 0 radical (unpaired) electrons. The van der Waals surface area contributed by atoms with Gasteiger partial charge in [0.15, 0.2) is 0 Å². The molecule has 0 aliphatic heterocycles. The van der Waals surface area contributed by atoms with Crippen LogP contribution in [0.2, 0.25) is 0 Å². The lowest BCUT2D eigenvalue weighted by Crippen LogP contribution is -2.30. The maximum atomic E-state index is 13.0. The molecule has 0 bridgehead atoms. The molecule has 14 nitrogen and oxygen atoms in total. The van der Waals surface area contributed by atoms with Crippen LogP contribution >= 0.6 is 0 Å². The Bertz CT molecular complexity index is 1510. The topological polar surface area (TPSA) is 176 Å². The summed E-state index contributed by atoms with van der Waals surface area (Å²) in [5.41, 5.74) is 1.65. The second-order valence-electron chi connectivity index (χ2n) is 11.8. The Labute approximate surface area is 309 Å². The predicted octanol–water partition coefficient (Wildman–Crippen LogP) is 6.75. The molecule has 288 valence electrons. The van der Waals surface area contributed by atoms with Crippen LogP contribution in [-0.4, -0.2) is 81.4 Å². The first-order valence-electron chi connectivity index (χ1n) is 17.2. The fourth-order valence-corrected chi connectivity index (χ4v) is 4.67. The first-order valence-corrected chi connectivity index (χ1v) is 17.2. The summed E-state index contributed by atoms with van der Waals surface area (Å²) in [6.45, 7) is 14.2. The third-order valence-corrected chi connectivity index (χ3v) is 7.34. The minimum absolute atomic E-state index is 0.0799. The largest absolute Gasteiger partial charge is 0.513 e. The van der Waals surface area contributed by atoms with Gasteiger partial charge in [0.05, 0.1) is 37.6 Å². The molecule has 14 heteroatoms. The molecule has 1 aromatic carbocycles. The van der Waals surface area contributed by atoms with E-state index in [0.29, 0.717) is 62.5 Å². The summed E-state index contributed by atoms with van der Waals surface area (Å²) >= 11 is 0. The Kier molecular flexibility index (Phi) is 20.1. The zero-order valence-corrected chi connectivity index (χ0v) is 30.3. The molecule has 1 aliphatic carbocycles. The molecule has 0 atom stereocenters. The minimum Gasteiger partial charge on any atom is -0.463 e. The second kappa shape index (κ2) is 24.5. The summed E-state index contributed by atoms with van der Waals surface area (Å²) in [7, 11) is 0. The fourth-order valence-electron chi connectivity index (χ4n) is 4.67. The average molecular weight is 741 g/mol. The van der Waals surface area contributed by atoms with Crippen LogP contribution in [-0.2, 0) is 47.5 Å². The summed E-state index contributed by atoms with van der Waals surface area (Å²) < 4.78 is 41.3. The van der Waals surface area contributed by atoms with E-state index in [4.69, 9.17) is 37.9 Å². The standard InChI is InChI=1S/C39H48O14/c1-6-34(40)46-20-8-10-22-48-38(44)49-24-12-13-29(25-27(3)4)36(42)51-31-15-17-32(18-16-31)52-37(43)30-14-19-33(28(5)26-30)53-39(45)50-23-11-9-21-47-35(41)7-2/h6-7,12-14,19,25-26,31-32H,1-3,8-11,15-18,20-24H2,4-5H3/b13-12-,29-25+. The van der Waals surface area contributed by atoms with Crippen LogP contribution in [0.1, 0.15) is 74.2 Å². The molecule has 53 heavy (non-hydrogen) atoms. The van der Waals surface area contributed by atoms with Crippen LogP contribution in [0.25, 0.3) is 0 Å². The molecule has 1 aliphatic rings. The van der Waals surface area contributed by atoms with E-state index in [9.17, 15) is 28.8 Å². The molecule has 1 fully saturated rings. The lowest BCUT2D eigenvalue weighted by atomic mass is 9.94. The summed E-state index contributed by atoms with van der Waals surface area (Å²) in [6, 6.07) is 4.53. The molecule has 0 saturated heterocycles. The zero-order valence-electron chi connectivity index (χ0n) is 30.3. The number of unbranched alkanes of at least 4 members (excludes halogenated alkanes) is 2. The molecular weight excluding hydrogens is 692 g/mol. The van der Waals surface area contributed by atoms with Gasteiger partial charge in [-0.15, -0.1) is 0 Å². The molecule has 1 saturated carbocycles. The minimum atomic E-state index is -0.899. The average Bonchev–Trinajstić information content (AvgIpc) is 3.13. The van der Waals surface area contributed by atoms with Crippen LogP contribution in [0.4, 0.5) is 9.59 Å². The normalized spacial score (nSPS) is 15.3. The number of benzene rings is 1. The van der Waals surface area contributed by atoms with Gasteiger partial charge in [0.1, 0.15) is 24.6 Å². The van der Waals surface area contributed by atoms with Crippen molar-refractivity contribution >= 4 is 36.2 Å². The number of hydrogen-bond donors (Lipinski definition) is 0. The van der Waals surface area contributed by atoms with E-state index in [1.807, 2.05) is 0 Å². The van der Waals surface area contributed by atoms with Gasteiger partial charge < -0.3 is 37.9 Å². The van der Waals surface area contributed by atoms with Crippen LogP contribution in [0, 0.1) is 6.92 Å². The van der Waals surface area contributed by atoms with E-state index in [2.05, 4.69) is 19.7 Å². The Morgan fingerprint density at radius 3 is 1.79 bits per heavy atom. The number of rotatable bonds is 21. The first-order chi connectivity index (χ1) is 25.4. The first kappa shape index (κ1) is 43.5. The molecule has 0 N–H and O–H groups in total. The van der Waals surface area contributed by atoms with Gasteiger partial charge in [-0.1, -0.05) is 25.3 Å². The van der Waals surface area contributed by atoms with Crippen molar-refractivity contribution in [1.29, 1.82) is 0 Å². The predicted molar refractivity (Wildman–Crippen MR) is 191 cm³/mol. The van der Waals surface area contributed by atoms with Crippen molar-refractivity contribution < 1.29 is 66.7 Å². The molecule has 1 aromatic rings. The van der Waals surface area contributed by atoms with Crippen molar-refractivity contribution in [2.24, 2.45) is 0 Å². The smallest absolute Gasteiger partial charge is 0.463 e. The second-order valence-corrected chi connectivity index (χ2v) is 11.8. The van der Waals surface area contributed by atoms with Crippen LogP contribution < -0.4 is 4.74 Å². The molecule has 0 unspecified atom stereocenters. The number of aryl methyl sites for hydroxylation is 1. The Morgan fingerprint density at radius 1 is 0.736 bits per heavy atom. The van der Waals surface area contributed by atoms with Crippen molar-refractivity contribution in [2.75, 3.05) is 33.0 Å². The van der Waals surface area contributed by atoms with Gasteiger partial charge in [-0.25, -0.2) is 28.8 Å². The SMILES string of the molecule is C=CC(=O)OCCCCOC(=O)OC/C=C\C(=C/C(=C)C)C(=O)OC1CCC(OC(=O)c2ccc(OC(=O)OCCCCOC(=O)C=C)c(C)c2)CC1. The number of carbonyl (C=O) groups excluding carboxylic acids is 6. The van der Waals surface area contributed by atoms with Gasteiger partial charge in [-0.05, 0) is 107 Å². The molecule has 0 amide bonds. The van der Waals surface area contributed by atoms with Crippen molar-refractivity contribution in [3.05, 3.63) is 90.6 Å². The Balaban J connectivity index is 1.73. The highest BCUT2D eigenvalue weighted by Crippen LogP contribution is 2.26. The lowest BCUT2D eigenvalue weighted by Gasteiger charge is -2.28. The number of carbonyl (C=O) groups is 6. The number of esters is 4. The number of hydrogen-bond acceptors (Lipinski definition) is 14. The Morgan fingerprint density at radius 2 is 1.26 bits per heavy atom. The van der Waals surface area contributed by atoms with E-state index in [1.165, 1.54) is 24.3 Å².